The van der Waals surface area contributed by atoms with Crippen molar-refractivity contribution >= 4 is 0 Å². The SMILES string of the molecule is N#Cc1ccc([C@H]2N[C@@H](Cc3ccccc3)CO2)cc1. The lowest BCUT2D eigenvalue weighted by Gasteiger charge is -2.12. The van der Waals surface area contributed by atoms with Gasteiger partial charge in [0.2, 0.25) is 0 Å². The summed E-state index contributed by atoms with van der Waals surface area (Å²) in [7, 11) is 0. The lowest BCUT2D eigenvalue weighted by molar-refractivity contribution is 0.101. The van der Waals surface area contributed by atoms with Gasteiger partial charge in [-0.25, -0.2) is 0 Å². The number of hydrogen-bond acceptors (Lipinski definition) is 3. The van der Waals surface area contributed by atoms with E-state index >= 15 is 0 Å². The van der Waals surface area contributed by atoms with Crippen molar-refractivity contribution in [1.29, 1.82) is 5.26 Å². The first-order valence-electron chi connectivity index (χ1n) is 6.77. The van der Waals surface area contributed by atoms with Crippen molar-refractivity contribution in [2.45, 2.75) is 18.7 Å². The zero-order chi connectivity index (χ0) is 13.8. The van der Waals surface area contributed by atoms with Crippen molar-refractivity contribution < 1.29 is 4.74 Å². The molecule has 2 aromatic carbocycles. The molecule has 1 fully saturated rings. The number of nitrogens with zero attached hydrogens (tertiary/aromatic N) is 1. The Kier molecular flexibility index (Phi) is 3.78. The molecule has 2 aromatic rings. The first-order valence-corrected chi connectivity index (χ1v) is 6.77. The Morgan fingerprint density at radius 1 is 1.10 bits per heavy atom. The maximum atomic E-state index is 8.80. The molecule has 0 saturated carbocycles. The summed E-state index contributed by atoms with van der Waals surface area (Å²) < 4.78 is 5.80. The third-order valence-corrected chi connectivity index (χ3v) is 3.52. The Morgan fingerprint density at radius 2 is 1.85 bits per heavy atom. The molecule has 0 aliphatic carbocycles. The molecule has 3 nitrogen and oxygen atoms in total. The Hall–Kier alpha value is -2.15. The van der Waals surface area contributed by atoms with Gasteiger partial charge in [-0.15, -0.1) is 0 Å². The molecular formula is C17H16N2O. The van der Waals surface area contributed by atoms with Gasteiger partial charge in [-0.3, -0.25) is 5.32 Å². The van der Waals surface area contributed by atoms with Crippen molar-refractivity contribution in [2.24, 2.45) is 0 Å². The average molecular weight is 264 g/mol. The van der Waals surface area contributed by atoms with Gasteiger partial charge in [-0.05, 0) is 29.7 Å². The van der Waals surface area contributed by atoms with Gasteiger partial charge in [0.1, 0.15) is 6.23 Å². The molecule has 0 unspecified atom stereocenters. The van der Waals surface area contributed by atoms with Crippen molar-refractivity contribution in [1.82, 2.24) is 5.32 Å². The maximum Gasteiger partial charge on any atom is 0.134 e. The molecule has 1 saturated heterocycles. The molecule has 0 amide bonds. The lowest BCUT2D eigenvalue weighted by atomic mass is 10.1. The summed E-state index contributed by atoms with van der Waals surface area (Å²) in [6.45, 7) is 0.708. The fourth-order valence-corrected chi connectivity index (χ4v) is 2.46. The van der Waals surface area contributed by atoms with Gasteiger partial charge in [0, 0.05) is 6.04 Å². The van der Waals surface area contributed by atoms with Crippen LogP contribution in [0.25, 0.3) is 0 Å². The number of nitriles is 1. The van der Waals surface area contributed by atoms with Crippen LogP contribution in [0.5, 0.6) is 0 Å². The molecule has 1 N–H and O–H groups in total. The molecule has 1 aliphatic rings. The standard InChI is InChI=1S/C17H16N2O/c18-11-14-6-8-15(9-7-14)17-19-16(12-20-17)10-13-4-2-1-3-5-13/h1-9,16-17,19H,10,12H2/t16-,17-/m0/s1. The van der Waals surface area contributed by atoms with E-state index in [1.807, 2.05) is 30.3 Å². The minimum Gasteiger partial charge on any atom is -0.357 e. The van der Waals surface area contributed by atoms with Crippen LogP contribution in [0.1, 0.15) is 22.9 Å². The first-order chi connectivity index (χ1) is 9.85. The Labute approximate surface area is 118 Å². The zero-order valence-corrected chi connectivity index (χ0v) is 11.1. The molecule has 0 radical (unpaired) electrons. The third-order valence-electron chi connectivity index (χ3n) is 3.52. The first kappa shape index (κ1) is 12.9. The van der Waals surface area contributed by atoms with Gasteiger partial charge in [-0.1, -0.05) is 42.5 Å². The Bertz CT molecular complexity index is 601. The summed E-state index contributed by atoms with van der Waals surface area (Å²) in [5.41, 5.74) is 3.06. The summed E-state index contributed by atoms with van der Waals surface area (Å²) in [6, 6.07) is 20.4. The summed E-state index contributed by atoms with van der Waals surface area (Å²) in [6.07, 6.45) is 0.893. The van der Waals surface area contributed by atoms with E-state index in [0.717, 1.165) is 12.0 Å². The minimum atomic E-state index is -0.0727. The fraction of sp³-hybridized carbons (Fsp3) is 0.235. The predicted octanol–water partition coefficient (Wildman–Crippen LogP) is 2.79. The van der Waals surface area contributed by atoms with E-state index in [1.165, 1.54) is 5.56 Å². The number of benzene rings is 2. The lowest BCUT2D eigenvalue weighted by Crippen LogP contribution is -2.27. The highest BCUT2D eigenvalue weighted by molar-refractivity contribution is 5.32. The van der Waals surface area contributed by atoms with Crippen LogP contribution in [0, 0.1) is 11.3 Å². The Balaban J connectivity index is 1.63. The molecule has 3 heteroatoms. The van der Waals surface area contributed by atoms with Gasteiger partial charge in [0.25, 0.3) is 0 Å². The predicted molar refractivity (Wildman–Crippen MR) is 76.9 cm³/mol. The summed E-state index contributed by atoms with van der Waals surface area (Å²) in [5.74, 6) is 0. The molecule has 100 valence electrons. The fourth-order valence-electron chi connectivity index (χ4n) is 2.46. The van der Waals surface area contributed by atoms with Crippen molar-refractivity contribution in [3.63, 3.8) is 0 Å². The summed E-state index contributed by atoms with van der Waals surface area (Å²) in [5, 5.41) is 12.3. The van der Waals surface area contributed by atoms with Crippen LogP contribution >= 0.6 is 0 Å². The molecule has 0 aromatic heterocycles. The highest BCUT2D eigenvalue weighted by Gasteiger charge is 2.25. The van der Waals surface area contributed by atoms with Gasteiger partial charge in [-0.2, -0.15) is 5.26 Å². The molecular weight excluding hydrogens is 248 g/mol. The van der Waals surface area contributed by atoms with Crippen LogP contribution in [0.4, 0.5) is 0 Å². The molecule has 3 rings (SSSR count). The van der Waals surface area contributed by atoms with E-state index in [0.29, 0.717) is 18.2 Å². The maximum absolute atomic E-state index is 8.80. The number of rotatable bonds is 3. The molecule has 20 heavy (non-hydrogen) atoms. The van der Waals surface area contributed by atoms with Crippen LogP contribution < -0.4 is 5.32 Å². The second-order valence-electron chi connectivity index (χ2n) is 5.00. The van der Waals surface area contributed by atoms with E-state index in [9.17, 15) is 0 Å². The largest absolute Gasteiger partial charge is 0.357 e. The molecule has 2 atom stereocenters. The monoisotopic (exact) mass is 264 g/mol. The smallest absolute Gasteiger partial charge is 0.134 e. The normalized spacial score (nSPS) is 21.6. The number of ether oxygens (including phenoxy) is 1. The molecule has 1 heterocycles. The summed E-state index contributed by atoms with van der Waals surface area (Å²) in [4.78, 5) is 0. The average Bonchev–Trinajstić information content (AvgIpc) is 2.97. The topological polar surface area (TPSA) is 45.0 Å². The number of hydrogen-bond donors (Lipinski definition) is 1. The second kappa shape index (κ2) is 5.87. The number of nitrogens with one attached hydrogen (secondary N) is 1. The van der Waals surface area contributed by atoms with Gasteiger partial charge >= 0.3 is 0 Å². The van der Waals surface area contributed by atoms with E-state index in [-0.39, 0.29) is 6.23 Å². The van der Waals surface area contributed by atoms with Gasteiger partial charge < -0.3 is 4.74 Å². The summed E-state index contributed by atoms with van der Waals surface area (Å²) >= 11 is 0. The minimum absolute atomic E-state index is 0.0727. The Morgan fingerprint density at radius 3 is 2.55 bits per heavy atom. The highest BCUT2D eigenvalue weighted by Crippen LogP contribution is 2.22. The van der Waals surface area contributed by atoms with Crippen LogP contribution in [-0.4, -0.2) is 12.6 Å². The highest BCUT2D eigenvalue weighted by atomic mass is 16.5. The molecule has 1 aliphatic heterocycles. The van der Waals surface area contributed by atoms with Crippen molar-refractivity contribution in [3.8, 4) is 6.07 Å². The molecule has 0 bridgehead atoms. The van der Waals surface area contributed by atoms with E-state index in [2.05, 4.69) is 35.7 Å². The zero-order valence-electron chi connectivity index (χ0n) is 11.1. The van der Waals surface area contributed by atoms with Crippen LogP contribution in [0.3, 0.4) is 0 Å². The van der Waals surface area contributed by atoms with E-state index in [1.54, 1.807) is 0 Å². The van der Waals surface area contributed by atoms with Gasteiger partial charge in [0.05, 0.1) is 18.2 Å². The van der Waals surface area contributed by atoms with Crippen LogP contribution in [0.15, 0.2) is 54.6 Å². The van der Waals surface area contributed by atoms with Crippen molar-refractivity contribution in [2.75, 3.05) is 6.61 Å². The van der Waals surface area contributed by atoms with E-state index < -0.39 is 0 Å². The van der Waals surface area contributed by atoms with E-state index in [4.69, 9.17) is 10.00 Å². The van der Waals surface area contributed by atoms with Gasteiger partial charge in [0.15, 0.2) is 0 Å². The third kappa shape index (κ3) is 2.88. The second-order valence-corrected chi connectivity index (χ2v) is 5.00. The van der Waals surface area contributed by atoms with Crippen LogP contribution in [-0.2, 0) is 11.2 Å². The molecule has 0 spiro atoms. The van der Waals surface area contributed by atoms with Crippen molar-refractivity contribution in [3.05, 3.63) is 71.3 Å². The van der Waals surface area contributed by atoms with Crippen LogP contribution in [0.2, 0.25) is 0 Å². The quantitative estimate of drug-likeness (QED) is 0.927.